The number of rotatable bonds is 5. The van der Waals surface area contributed by atoms with E-state index in [1.54, 1.807) is 0 Å². The molecule has 1 aliphatic rings. The lowest BCUT2D eigenvalue weighted by Gasteiger charge is -2.29. The van der Waals surface area contributed by atoms with Crippen LogP contribution in [0.25, 0.3) is 0 Å². The molecule has 23 heavy (non-hydrogen) atoms. The lowest BCUT2D eigenvalue weighted by atomic mass is 9.88. The summed E-state index contributed by atoms with van der Waals surface area (Å²) in [5, 5.41) is 14.0. The Morgan fingerprint density at radius 1 is 1.13 bits per heavy atom. The van der Waals surface area contributed by atoms with E-state index in [2.05, 4.69) is 5.32 Å². The van der Waals surface area contributed by atoms with Crippen molar-refractivity contribution in [3.05, 3.63) is 70.8 Å². The number of carbonyl (C=O) groups excluding carboxylic acids is 1. The highest BCUT2D eigenvalue weighted by Crippen LogP contribution is 2.45. The summed E-state index contributed by atoms with van der Waals surface area (Å²) in [5.74, 6) is 0.0908. The maximum atomic E-state index is 12.4. The van der Waals surface area contributed by atoms with Gasteiger partial charge in [0.05, 0.1) is 6.54 Å². The third kappa shape index (κ3) is 3.30. The van der Waals surface area contributed by atoms with Crippen molar-refractivity contribution in [3.63, 3.8) is 0 Å². The van der Waals surface area contributed by atoms with Gasteiger partial charge in [0, 0.05) is 5.56 Å². The van der Waals surface area contributed by atoms with Crippen LogP contribution in [-0.2, 0) is 5.60 Å². The van der Waals surface area contributed by atoms with Crippen molar-refractivity contribution >= 4 is 5.91 Å². The van der Waals surface area contributed by atoms with E-state index < -0.39 is 5.60 Å². The number of hydrogen-bond donors (Lipinski definition) is 2. The van der Waals surface area contributed by atoms with E-state index in [4.69, 9.17) is 0 Å². The van der Waals surface area contributed by atoms with Crippen molar-refractivity contribution < 1.29 is 9.90 Å². The first-order valence-corrected chi connectivity index (χ1v) is 8.14. The Balaban J connectivity index is 1.74. The number of nitrogens with one attached hydrogen (secondary N) is 1. The van der Waals surface area contributed by atoms with Crippen molar-refractivity contribution in [3.8, 4) is 0 Å². The molecule has 0 spiro atoms. The molecule has 3 rings (SSSR count). The lowest BCUT2D eigenvalue weighted by Crippen LogP contribution is -2.42. The van der Waals surface area contributed by atoms with Gasteiger partial charge in [-0.05, 0) is 61.4 Å². The van der Waals surface area contributed by atoms with E-state index in [0.29, 0.717) is 5.56 Å². The highest BCUT2D eigenvalue weighted by molar-refractivity contribution is 5.94. The van der Waals surface area contributed by atoms with Gasteiger partial charge < -0.3 is 10.4 Å². The van der Waals surface area contributed by atoms with E-state index in [0.717, 1.165) is 24.0 Å². The van der Waals surface area contributed by atoms with E-state index >= 15 is 0 Å². The highest BCUT2D eigenvalue weighted by Gasteiger charge is 2.45. The molecule has 3 heteroatoms. The molecule has 0 heterocycles. The summed E-state index contributed by atoms with van der Waals surface area (Å²) in [5.41, 5.74) is 2.80. The monoisotopic (exact) mass is 309 g/mol. The number of aliphatic hydroxyl groups is 1. The summed E-state index contributed by atoms with van der Waals surface area (Å²) >= 11 is 0. The van der Waals surface area contributed by atoms with Crippen molar-refractivity contribution in [1.82, 2.24) is 5.32 Å². The molecule has 2 N–H and O–H groups in total. The molecular formula is C20H23NO2. The highest BCUT2D eigenvalue weighted by atomic mass is 16.3. The van der Waals surface area contributed by atoms with E-state index in [9.17, 15) is 9.90 Å². The molecule has 0 saturated heterocycles. The minimum Gasteiger partial charge on any atom is -0.383 e. The topological polar surface area (TPSA) is 49.3 Å². The molecule has 2 aromatic rings. The molecule has 1 amide bonds. The van der Waals surface area contributed by atoms with Crippen LogP contribution >= 0.6 is 0 Å². The zero-order chi connectivity index (χ0) is 16.4. The molecule has 3 nitrogen and oxygen atoms in total. The summed E-state index contributed by atoms with van der Waals surface area (Å²) in [4.78, 5) is 12.4. The molecule has 2 aromatic carbocycles. The fourth-order valence-electron chi connectivity index (χ4n) is 2.97. The fourth-order valence-corrected chi connectivity index (χ4v) is 2.97. The molecule has 120 valence electrons. The third-order valence-corrected chi connectivity index (χ3v) is 4.81. The summed E-state index contributed by atoms with van der Waals surface area (Å²) in [6.45, 7) is 4.27. The summed E-state index contributed by atoms with van der Waals surface area (Å²) in [6, 6.07) is 15.3. The largest absolute Gasteiger partial charge is 0.383 e. The van der Waals surface area contributed by atoms with Gasteiger partial charge in [-0.25, -0.2) is 0 Å². The van der Waals surface area contributed by atoms with Gasteiger partial charge in [0.2, 0.25) is 0 Å². The minimum atomic E-state index is -0.976. The Morgan fingerprint density at radius 3 is 2.43 bits per heavy atom. The first-order chi connectivity index (χ1) is 11.0. The summed E-state index contributed by atoms with van der Waals surface area (Å²) < 4.78 is 0. The van der Waals surface area contributed by atoms with Crippen molar-refractivity contribution in [2.45, 2.75) is 32.3 Å². The second-order valence-electron chi connectivity index (χ2n) is 6.55. The van der Waals surface area contributed by atoms with Crippen LogP contribution in [0.4, 0.5) is 0 Å². The van der Waals surface area contributed by atoms with Crippen LogP contribution in [0.1, 0.15) is 39.9 Å². The fraction of sp³-hybridized carbons (Fsp3) is 0.350. The van der Waals surface area contributed by atoms with Crippen molar-refractivity contribution in [1.29, 1.82) is 0 Å². The number of aryl methyl sites for hydroxylation is 2. The Kier molecular flexibility index (Phi) is 4.22. The number of carbonyl (C=O) groups is 1. The van der Waals surface area contributed by atoms with Crippen LogP contribution in [0.15, 0.2) is 48.5 Å². The van der Waals surface area contributed by atoms with Crippen LogP contribution in [-0.4, -0.2) is 17.6 Å². The number of amides is 1. The van der Waals surface area contributed by atoms with Gasteiger partial charge in [-0.15, -0.1) is 0 Å². The van der Waals surface area contributed by atoms with Crippen molar-refractivity contribution in [2.75, 3.05) is 6.54 Å². The zero-order valence-corrected chi connectivity index (χ0v) is 13.7. The Bertz CT molecular complexity index is 707. The Hall–Kier alpha value is -2.13. The molecular weight excluding hydrogens is 286 g/mol. The van der Waals surface area contributed by atoms with Gasteiger partial charge in [-0.3, -0.25) is 4.79 Å². The van der Waals surface area contributed by atoms with Crippen LogP contribution in [0.3, 0.4) is 0 Å². The molecule has 0 bridgehead atoms. The summed E-state index contributed by atoms with van der Waals surface area (Å²) in [7, 11) is 0. The second-order valence-corrected chi connectivity index (χ2v) is 6.55. The smallest absolute Gasteiger partial charge is 0.251 e. The SMILES string of the molecule is Cc1ccc(C(=O)NCC(O)(c2ccccc2)C2CC2)cc1C. The first-order valence-electron chi connectivity index (χ1n) is 8.14. The normalized spacial score (nSPS) is 16.7. The standard InChI is InChI=1S/C20H23NO2/c1-14-8-9-16(12-15(14)2)19(22)21-13-20(23,18-10-11-18)17-6-4-3-5-7-17/h3-9,12,18,23H,10-11,13H2,1-2H3,(H,21,22). The quantitative estimate of drug-likeness (QED) is 0.890. The average molecular weight is 309 g/mol. The Morgan fingerprint density at radius 2 is 1.83 bits per heavy atom. The second kappa shape index (κ2) is 6.17. The van der Waals surface area contributed by atoms with Gasteiger partial charge in [-0.1, -0.05) is 36.4 Å². The van der Waals surface area contributed by atoms with Crippen molar-refractivity contribution in [2.24, 2.45) is 5.92 Å². The zero-order valence-electron chi connectivity index (χ0n) is 13.7. The third-order valence-electron chi connectivity index (χ3n) is 4.81. The van der Waals surface area contributed by atoms with Gasteiger partial charge in [0.1, 0.15) is 5.60 Å². The maximum Gasteiger partial charge on any atom is 0.251 e. The van der Waals surface area contributed by atoms with Gasteiger partial charge >= 0.3 is 0 Å². The predicted molar refractivity (Wildman–Crippen MR) is 91.3 cm³/mol. The predicted octanol–water partition coefficient (Wildman–Crippen LogP) is 3.33. The number of benzene rings is 2. The van der Waals surface area contributed by atoms with Crippen LogP contribution in [0.2, 0.25) is 0 Å². The van der Waals surface area contributed by atoms with Crippen LogP contribution < -0.4 is 5.32 Å². The molecule has 0 radical (unpaired) electrons. The first kappa shape index (κ1) is 15.8. The minimum absolute atomic E-state index is 0.136. The van der Waals surface area contributed by atoms with E-state index in [1.807, 2.05) is 62.4 Å². The molecule has 0 aliphatic heterocycles. The average Bonchev–Trinajstić information content (AvgIpc) is 3.41. The maximum absolute atomic E-state index is 12.4. The summed E-state index contributed by atoms with van der Waals surface area (Å²) in [6.07, 6.45) is 2.01. The van der Waals surface area contributed by atoms with E-state index in [-0.39, 0.29) is 18.4 Å². The molecule has 1 atom stereocenters. The number of hydrogen-bond acceptors (Lipinski definition) is 2. The van der Waals surface area contributed by atoms with Gasteiger partial charge in [-0.2, -0.15) is 0 Å². The molecule has 1 saturated carbocycles. The molecule has 0 aromatic heterocycles. The lowest BCUT2D eigenvalue weighted by molar-refractivity contribution is 0.0135. The van der Waals surface area contributed by atoms with Crippen LogP contribution in [0, 0.1) is 19.8 Å². The van der Waals surface area contributed by atoms with Crippen LogP contribution in [0.5, 0.6) is 0 Å². The molecule has 1 unspecified atom stereocenters. The van der Waals surface area contributed by atoms with Gasteiger partial charge in [0.25, 0.3) is 5.91 Å². The molecule has 1 fully saturated rings. The molecule has 1 aliphatic carbocycles. The Labute approximate surface area is 137 Å². The van der Waals surface area contributed by atoms with E-state index in [1.165, 1.54) is 5.56 Å². The van der Waals surface area contributed by atoms with Gasteiger partial charge in [0.15, 0.2) is 0 Å².